The maximum Gasteiger partial charge on any atom is 0.243 e. The van der Waals surface area contributed by atoms with Crippen molar-refractivity contribution in [2.45, 2.75) is 11.4 Å². The first-order chi connectivity index (χ1) is 9.80. The van der Waals surface area contributed by atoms with Gasteiger partial charge < -0.3 is 0 Å². The van der Waals surface area contributed by atoms with Crippen molar-refractivity contribution < 1.29 is 17.2 Å². The van der Waals surface area contributed by atoms with Crippen LogP contribution in [-0.4, -0.2) is 19.8 Å². The van der Waals surface area contributed by atoms with E-state index in [0.29, 0.717) is 5.56 Å². The van der Waals surface area contributed by atoms with Crippen LogP contribution in [0.15, 0.2) is 47.4 Å². The van der Waals surface area contributed by atoms with E-state index in [1.165, 1.54) is 25.2 Å². The molecule has 0 aliphatic rings. The third-order valence-electron chi connectivity index (χ3n) is 2.89. The van der Waals surface area contributed by atoms with Crippen LogP contribution in [0.3, 0.4) is 0 Å². The first-order valence-electron chi connectivity index (χ1n) is 5.96. The zero-order valence-corrected chi connectivity index (χ0v) is 12.6. The van der Waals surface area contributed by atoms with Gasteiger partial charge in [0, 0.05) is 13.6 Å². The lowest BCUT2D eigenvalue weighted by atomic mass is 10.2. The summed E-state index contributed by atoms with van der Waals surface area (Å²) in [6.07, 6.45) is 0. The van der Waals surface area contributed by atoms with E-state index in [1.54, 1.807) is 6.07 Å². The van der Waals surface area contributed by atoms with Crippen molar-refractivity contribution in [3.63, 3.8) is 0 Å². The summed E-state index contributed by atoms with van der Waals surface area (Å²) in [6, 6.07) is 8.83. The standard InChI is InChI=1S/C14H12ClF2NO2S/c1-18(9-10-3-2-4-11(16)7-10)21(19,20)12-5-6-14(17)13(15)8-12/h2-8H,9H2,1H3. The average Bonchev–Trinajstić information content (AvgIpc) is 2.41. The fourth-order valence-corrected chi connectivity index (χ4v) is 3.23. The Morgan fingerprint density at radius 1 is 1.14 bits per heavy atom. The number of halogens is 3. The van der Waals surface area contributed by atoms with Gasteiger partial charge >= 0.3 is 0 Å². The molecule has 0 aliphatic carbocycles. The van der Waals surface area contributed by atoms with Gasteiger partial charge in [-0.15, -0.1) is 0 Å². The molecule has 0 fully saturated rings. The summed E-state index contributed by atoms with van der Waals surface area (Å²) >= 11 is 5.60. The zero-order valence-electron chi connectivity index (χ0n) is 11.1. The molecular formula is C14H12ClF2NO2S. The minimum absolute atomic E-state index is 0.00487. The summed E-state index contributed by atoms with van der Waals surface area (Å²) in [5.74, 6) is -1.13. The summed E-state index contributed by atoms with van der Waals surface area (Å²) in [5.41, 5.74) is 0.509. The van der Waals surface area contributed by atoms with E-state index < -0.39 is 21.7 Å². The molecule has 0 saturated heterocycles. The molecule has 7 heteroatoms. The molecule has 0 radical (unpaired) electrons. The monoisotopic (exact) mass is 331 g/mol. The Labute approximate surface area is 126 Å². The second kappa shape index (κ2) is 6.09. The van der Waals surface area contributed by atoms with Gasteiger partial charge in [0.05, 0.1) is 9.92 Å². The number of hydrogen-bond acceptors (Lipinski definition) is 2. The van der Waals surface area contributed by atoms with E-state index in [9.17, 15) is 17.2 Å². The maximum atomic E-state index is 13.1. The number of nitrogens with zero attached hydrogens (tertiary/aromatic N) is 1. The summed E-state index contributed by atoms with van der Waals surface area (Å²) in [6.45, 7) is -0.00487. The van der Waals surface area contributed by atoms with Crippen molar-refractivity contribution in [3.05, 3.63) is 64.7 Å². The van der Waals surface area contributed by atoms with Gasteiger partial charge in [0.1, 0.15) is 11.6 Å². The molecule has 0 bridgehead atoms. The van der Waals surface area contributed by atoms with Gasteiger partial charge in [-0.25, -0.2) is 17.2 Å². The molecule has 2 aromatic rings. The quantitative estimate of drug-likeness (QED) is 0.860. The van der Waals surface area contributed by atoms with Crippen molar-refractivity contribution in [3.8, 4) is 0 Å². The van der Waals surface area contributed by atoms with Crippen LogP contribution in [0.4, 0.5) is 8.78 Å². The Bertz CT molecular complexity index is 765. The van der Waals surface area contributed by atoms with Gasteiger partial charge in [-0.2, -0.15) is 4.31 Å². The van der Waals surface area contributed by atoms with Crippen LogP contribution in [0, 0.1) is 11.6 Å². The Balaban J connectivity index is 2.28. The zero-order chi connectivity index (χ0) is 15.6. The first-order valence-corrected chi connectivity index (χ1v) is 7.78. The highest BCUT2D eigenvalue weighted by Gasteiger charge is 2.22. The Morgan fingerprint density at radius 3 is 2.48 bits per heavy atom. The molecule has 0 N–H and O–H groups in total. The first kappa shape index (κ1) is 15.9. The number of sulfonamides is 1. The molecule has 0 unspecified atom stereocenters. The van der Waals surface area contributed by atoms with E-state index in [2.05, 4.69) is 0 Å². The average molecular weight is 332 g/mol. The minimum Gasteiger partial charge on any atom is -0.207 e. The molecular weight excluding hydrogens is 320 g/mol. The van der Waals surface area contributed by atoms with Gasteiger partial charge in [0.2, 0.25) is 10.0 Å². The smallest absolute Gasteiger partial charge is 0.207 e. The fraction of sp³-hybridized carbons (Fsp3) is 0.143. The summed E-state index contributed by atoms with van der Waals surface area (Å²) in [5, 5.41) is -0.268. The highest BCUT2D eigenvalue weighted by atomic mass is 35.5. The van der Waals surface area contributed by atoms with E-state index in [4.69, 9.17) is 11.6 Å². The SMILES string of the molecule is CN(Cc1cccc(F)c1)S(=O)(=O)c1ccc(F)c(Cl)c1. The number of hydrogen-bond donors (Lipinski definition) is 0. The van der Waals surface area contributed by atoms with E-state index in [-0.39, 0.29) is 16.5 Å². The number of rotatable bonds is 4. The lowest BCUT2D eigenvalue weighted by Crippen LogP contribution is -2.26. The predicted octanol–water partition coefficient (Wildman–Crippen LogP) is 3.44. The van der Waals surface area contributed by atoms with Crippen molar-refractivity contribution in [2.24, 2.45) is 0 Å². The molecule has 0 heterocycles. The normalized spacial score (nSPS) is 11.9. The molecule has 0 saturated carbocycles. The van der Waals surface area contributed by atoms with Crippen molar-refractivity contribution in [2.75, 3.05) is 7.05 Å². The van der Waals surface area contributed by atoms with Crippen LogP contribution in [-0.2, 0) is 16.6 Å². The molecule has 2 rings (SSSR count). The second-order valence-corrected chi connectivity index (χ2v) is 6.92. The van der Waals surface area contributed by atoms with Crippen LogP contribution >= 0.6 is 11.6 Å². The molecule has 0 aliphatic heterocycles. The molecule has 0 spiro atoms. The van der Waals surface area contributed by atoms with E-state index in [1.807, 2.05) is 0 Å². The Morgan fingerprint density at radius 2 is 1.86 bits per heavy atom. The molecule has 0 amide bonds. The Hall–Kier alpha value is -1.50. The number of benzene rings is 2. The summed E-state index contributed by atoms with van der Waals surface area (Å²) in [7, 11) is -2.47. The molecule has 0 atom stereocenters. The van der Waals surface area contributed by atoms with Crippen LogP contribution < -0.4 is 0 Å². The van der Waals surface area contributed by atoms with E-state index in [0.717, 1.165) is 22.5 Å². The third-order valence-corrected chi connectivity index (χ3v) is 4.98. The van der Waals surface area contributed by atoms with Gasteiger partial charge in [-0.3, -0.25) is 0 Å². The summed E-state index contributed by atoms with van der Waals surface area (Å²) in [4.78, 5) is -0.118. The largest absolute Gasteiger partial charge is 0.243 e. The van der Waals surface area contributed by atoms with Crippen LogP contribution in [0.5, 0.6) is 0 Å². The highest BCUT2D eigenvalue weighted by Crippen LogP contribution is 2.22. The molecule has 3 nitrogen and oxygen atoms in total. The van der Waals surface area contributed by atoms with E-state index >= 15 is 0 Å². The second-order valence-electron chi connectivity index (χ2n) is 4.47. The Kier molecular flexibility index (Phi) is 4.61. The maximum absolute atomic E-state index is 13.1. The van der Waals surface area contributed by atoms with Crippen LogP contribution in [0.2, 0.25) is 5.02 Å². The van der Waals surface area contributed by atoms with Crippen molar-refractivity contribution >= 4 is 21.6 Å². The highest BCUT2D eigenvalue weighted by molar-refractivity contribution is 7.89. The predicted molar refractivity (Wildman–Crippen MR) is 76.5 cm³/mol. The van der Waals surface area contributed by atoms with Crippen LogP contribution in [0.1, 0.15) is 5.56 Å². The fourth-order valence-electron chi connectivity index (χ4n) is 1.79. The third kappa shape index (κ3) is 3.58. The summed E-state index contributed by atoms with van der Waals surface area (Å²) < 4.78 is 51.9. The van der Waals surface area contributed by atoms with Crippen molar-refractivity contribution in [1.82, 2.24) is 4.31 Å². The van der Waals surface area contributed by atoms with Gasteiger partial charge in [-0.05, 0) is 35.9 Å². The van der Waals surface area contributed by atoms with Gasteiger partial charge in [0.15, 0.2) is 0 Å². The van der Waals surface area contributed by atoms with Gasteiger partial charge in [0.25, 0.3) is 0 Å². The molecule has 2 aromatic carbocycles. The molecule has 21 heavy (non-hydrogen) atoms. The topological polar surface area (TPSA) is 37.4 Å². The van der Waals surface area contributed by atoms with Gasteiger partial charge in [-0.1, -0.05) is 23.7 Å². The molecule has 0 aromatic heterocycles. The molecule has 112 valence electrons. The van der Waals surface area contributed by atoms with Crippen LogP contribution in [0.25, 0.3) is 0 Å². The lowest BCUT2D eigenvalue weighted by molar-refractivity contribution is 0.465. The minimum atomic E-state index is -3.83. The van der Waals surface area contributed by atoms with Crippen molar-refractivity contribution in [1.29, 1.82) is 0 Å². The lowest BCUT2D eigenvalue weighted by Gasteiger charge is -2.17.